The molecule has 21 heavy (non-hydrogen) atoms. The van der Waals surface area contributed by atoms with E-state index in [2.05, 4.69) is 10.2 Å². The van der Waals surface area contributed by atoms with Crippen molar-refractivity contribution < 1.29 is 13.2 Å². The van der Waals surface area contributed by atoms with Crippen LogP contribution in [0.15, 0.2) is 36.4 Å². The summed E-state index contributed by atoms with van der Waals surface area (Å²) in [5.74, 6) is 0. The number of fused-ring (bicyclic) bond motifs is 1. The minimum absolute atomic E-state index is 0.193. The Bertz CT molecular complexity index is 824. The largest absolute Gasteiger partial charge is 0.416 e. The third-order valence-electron chi connectivity index (χ3n) is 3.14. The second-order valence-corrected chi connectivity index (χ2v) is 4.98. The SMILES string of the molecule is Nc1ccc2[nH]nc(-c3cc(C(F)(F)F)ccc3Cl)c2c1. The molecule has 0 amide bonds. The third kappa shape index (κ3) is 2.42. The zero-order valence-corrected chi connectivity index (χ0v) is 11.3. The fourth-order valence-electron chi connectivity index (χ4n) is 2.12. The predicted molar refractivity (Wildman–Crippen MR) is 76.0 cm³/mol. The van der Waals surface area contributed by atoms with E-state index in [4.69, 9.17) is 17.3 Å². The van der Waals surface area contributed by atoms with E-state index < -0.39 is 11.7 Å². The van der Waals surface area contributed by atoms with Crippen molar-refractivity contribution in [1.82, 2.24) is 10.2 Å². The molecule has 1 heterocycles. The van der Waals surface area contributed by atoms with Crippen molar-refractivity contribution in [2.75, 3.05) is 5.73 Å². The highest BCUT2D eigenvalue weighted by Gasteiger charge is 2.31. The van der Waals surface area contributed by atoms with Crippen LogP contribution in [0.3, 0.4) is 0 Å². The number of hydrogen-bond donors (Lipinski definition) is 2. The molecule has 0 bridgehead atoms. The van der Waals surface area contributed by atoms with Crippen molar-refractivity contribution >= 4 is 28.2 Å². The lowest BCUT2D eigenvalue weighted by molar-refractivity contribution is -0.137. The Morgan fingerprint density at radius 1 is 1.10 bits per heavy atom. The Morgan fingerprint density at radius 3 is 2.57 bits per heavy atom. The molecule has 2 aromatic carbocycles. The minimum Gasteiger partial charge on any atom is -0.399 e. The van der Waals surface area contributed by atoms with Crippen LogP contribution in [-0.4, -0.2) is 10.2 Å². The maximum atomic E-state index is 12.8. The molecular weight excluding hydrogens is 303 g/mol. The van der Waals surface area contributed by atoms with Gasteiger partial charge >= 0.3 is 6.18 Å². The normalized spacial score (nSPS) is 12.0. The van der Waals surface area contributed by atoms with Crippen molar-refractivity contribution in [2.24, 2.45) is 0 Å². The van der Waals surface area contributed by atoms with Crippen LogP contribution in [0, 0.1) is 0 Å². The Hall–Kier alpha value is -2.21. The third-order valence-corrected chi connectivity index (χ3v) is 3.47. The zero-order valence-electron chi connectivity index (χ0n) is 10.5. The molecule has 0 aliphatic carbocycles. The van der Waals surface area contributed by atoms with Gasteiger partial charge in [-0.25, -0.2) is 0 Å². The summed E-state index contributed by atoms with van der Waals surface area (Å²) in [6, 6.07) is 8.17. The molecule has 3 aromatic rings. The maximum Gasteiger partial charge on any atom is 0.416 e. The van der Waals surface area contributed by atoms with Crippen LogP contribution >= 0.6 is 11.6 Å². The molecule has 1 aromatic heterocycles. The Balaban J connectivity index is 2.25. The predicted octanol–water partition coefficient (Wildman–Crippen LogP) is 4.48. The van der Waals surface area contributed by atoms with Crippen LogP contribution in [0.1, 0.15) is 5.56 Å². The first-order valence-electron chi connectivity index (χ1n) is 5.97. The summed E-state index contributed by atoms with van der Waals surface area (Å²) in [4.78, 5) is 0. The number of anilines is 1. The smallest absolute Gasteiger partial charge is 0.399 e. The van der Waals surface area contributed by atoms with Crippen molar-refractivity contribution in [2.45, 2.75) is 6.18 Å². The molecule has 0 saturated carbocycles. The number of nitrogen functional groups attached to an aromatic ring is 1. The van der Waals surface area contributed by atoms with Crippen molar-refractivity contribution in [1.29, 1.82) is 0 Å². The van der Waals surface area contributed by atoms with Gasteiger partial charge in [-0.05, 0) is 36.4 Å². The summed E-state index contributed by atoms with van der Waals surface area (Å²) >= 11 is 6.03. The molecule has 0 aliphatic rings. The number of hydrogen-bond acceptors (Lipinski definition) is 2. The van der Waals surface area contributed by atoms with Gasteiger partial charge in [-0.1, -0.05) is 11.6 Å². The lowest BCUT2D eigenvalue weighted by Crippen LogP contribution is -2.04. The van der Waals surface area contributed by atoms with Crippen LogP contribution in [0.4, 0.5) is 18.9 Å². The zero-order chi connectivity index (χ0) is 15.2. The van der Waals surface area contributed by atoms with Gasteiger partial charge in [-0.15, -0.1) is 0 Å². The molecule has 7 heteroatoms. The molecular formula is C14H9ClF3N3. The number of aromatic amines is 1. The molecule has 3 nitrogen and oxygen atoms in total. The summed E-state index contributed by atoms with van der Waals surface area (Å²) in [5.41, 5.74) is 6.66. The van der Waals surface area contributed by atoms with Gasteiger partial charge in [0.15, 0.2) is 0 Å². The number of benzene rings is 2. The van der Waals surface area contributed by atoms with E-state index in [0.29, 0.717) is 22.3 Å². The monoisotopic (exact) mass is 311 g/mol. The van der Waals surface area contributed by atoms with Gasteiger partial charge in [0.1, 0.15) is 5.69 Å². The molecule has 3 N–H and O–H groups in total. The summed E-state index contributed by atoms with van der Waals surface area (Å²) in [7, 11) is 0. The number of nitrogens with one attached hydrogen (secondary N) is 1. The lowest BCUT2D eigenvalue weighted by Gasteiger charge is -2.09. The van der Waals surface area contributed by atoms with E-state index in [1.54, 1.807) is 18.2 Å². The second kappa shape index (κ2) is 4.66. The fourth-order valence-corrected chi connectivity index (χ4v) is 2.33. The molecule has 0 fully saturated rings. The summed E-state index contributed by atoms with van der Waals surface area (Å²) in [6.07, 6.45) is -4.44. The summed E-state index contributed by atoms with van der Waals surface area (Å²) in [5, 5.41) is 7.63. The highest BCUT2D eigenvalue weighted by molar-refractivity contribution is 6.33. The molecule has 0 saturated heterocycles. The highest BCUT2D eigenvalue weighted by atomic mass is 35.5. The second-order valence-electron chi connectivity index (χ2n) is 4.57. The quantitative estimate of drug-likeness (QED) is 0.651. The van der Waals surface area contributed by atoms with E-state index in [9.17, 15) is 13.2 Å². The van der Waals surface area contributed by atoms with Gasteiger partial charge < -0.3 is 5.73 Å². The first kappa shape index (κ1) is 13.8. The van der Waals surface area contributed by atoms with E-state index in [-0.39, 0.29) is 10.6 Å². The molecule has 0 spiro atoms. The topological polar surface area (TPSA) is 54.7 Å². The van der Waals surface area contributed by atoms with Crippen LogP contribution in [0.2, 0.25) is 5.02 Å². The average Bonchev–Trinajstić information content (AvgIpc) is 2.80. The highest BCUT2D eigenvalue weighted by Crippen LogP contribution is 2.37. The van der Waals surface area contributed by atoms with Crippen LogP contribution in [0.25, 0.3) is 22.2 Å². The van der Waals surface area contributed by atoms with E-state index in [1.165, 1.54) is 6.07 Å². The number of H-pyrrole nitrogens is 1. The van der Waals surface area contributed by atoms with Crippen LogP contribution in [0.5, 0.6) is 0 Å². The molecule has 0 atom stereocenters. The first-order valence-corrected chi connectivity index (χ1v) is 6.35. The number of aromatic nitrogens is 2. The average molecular weight is 312 g/mol. The molecule has 0 radical (unpaired) electrons. The number of alkyl halides is 3. The molecule has 108 valence electrons. The molecule has 0 aliphatic heterocycles. The minimum atomic E-state index is -4.44. The van der Waals surface area contributed by atoms with Gasteiger partial charge in [-0.3, -0.25) is 5.10 Å². The molecule has 0 unspecified atom stereocenters. The van der Waals surface area contributed by atoms with Crippen molar-refractivity contribution in [3.63, 3.8) is 0 Å². The van der Waals surface area contributed by atoms with Crippen molar-refractivity contribution in [3.05, 3.63) is 47.0 Å². The number of nitrogens with zero attached hydrogens (tertiary/aromatic N) is 1. The van der Waals surface area contributed by atoms with Crippen molar-refractivity contribution in [3.8, 4) is 11.3 Å². The maximum absolute atomic E-state index is 12.8. The summed E-state index contributed by atoms with van der Waals surface area (Å²) < 4.78 is 38.5. The lowest BCUT2D eigenvalue weighted by atomic mass is 10.0. The van der Waals surface area contributed by atoms with Crippen LogP contribution in [-0.2, 0) is 6.18 Å². The van der Waals surface area contributed by atoms with Crippen LogP contribution < -0.4 is 5.73 Å². The van der Waals surface area contributed by atoms with Gasteiger partial charge in [0.25, 0.3) is 0 Å². The first-order chi connectivity index (χ1) is 9.86. The fraction of sp³-hybridized carbons (Fsp3) is 0.0714. The van der Waals surface area contributed by atoms with E-state index in [1.807, 2.05) is 0 Å². The van der Waals surface area contributed by atoms with Gasteiger partial charge in [-0.2, -0.15) is 18.3 Å². The standard InChI is InChI=1S/C14H9ClF3N3/c15-11-3-1-7(14(16,17)18)5-9(11)13-10-6-8(19)2-4-12(10)20-21-13/h1-6H,19H2,(H,20,21). The summed E-state index contributed by atoms with van der Waals surface area (Å²) in [6.45, 7) is 0. The van der Waals surface area contributed by atoms with Gasteiger partial charge in [0.2, 0.25) is 0 Å². The molecule has 3 rings (SSSR count). The van der Waals surface area contributed by atoms with Gasteiger partial charge in [0.05, 0.1) is 16.1 Å². The Morgan fingerprint density at radius 2 is 1.86 bits per heavy atom. The van der Waals surface area contributed by atoms with E-state index >= 15 is 0 Å². The van der Waals surface area contributed by atoms with E-state index in [0.717, 1.165) is 12.1 Å². The Labute approximate surface area is 122 Å². The number of rotatable bonds is 1. The Kier molecular flexibility index (Phi) is 3.06. The number of halogens is 4. The van der Waals surface area contributed by atoms with Gasteiger partial charge in [0, 0.05) is 16.6 Å². The number of nitrogens with two attached hydrogens (primary N) is 1.